The van der Waals surface area contributed by atoms with Gasteiger partial charge in [0.1, 0.15) is 0 Å². The Morgan fingerprint density at radius 3 is 2.32 bits per heavy atom. The number of benzene rings is 1. The highest BCUT2D eigenvalue weighted by molar-refractivity contribution is 7.89. The van der Waals surface area contributed by atoms with Gasteiger partial charge in [0.05, 0.1) is 18.1 Å². The summed E-state index contributed by atoms with van der Waals surface area (Å²) in [6.45, 7) is 5.31. The molecule has 9 nitrogen and oxygen atoms in total. The molecule has 0 spiro atoms. The van der Waals surface area contributed by atoms with E-state index in [1.807, 2.05) is 19.9 Å². The van der Waals surface area contributed by atoms with E-state index in [2.05, 4.69) is 26.1 Å². The number of sulfonamides is 1. The van der Waals surface area contributed by atoms with E-state index in [1.54, 1.807) is 24.3 Å². The van der Waals surface area contributed by atoms with Crippen LogP contribution in [0, 0.1) is 13.8 Å². The van der Waals surface area contributed by atoms with Crippen LogP contribution in [0.2, 0.25) is 0 Å². The number of aryl methyl sites for hydroxylation is 2. The van der Waals surface area contributed by atoms with Crippen LogP contribution in [0.3, 0.4) is 0 Å². The van der Waals surface area contributed by atoms with Gasteiger partial charge in [0.25, 0.3) is 0 Å². The van der Waals surface area contributed by atoms with Gasteiger partial charge in [0.15, 0.2) is 5.11 Å². The SMILES string of the molecule is Cc1cc(C)nc(NNC(=S)Nc2ccc(S(=O)(=O)N3CCOCC3)cc2)n1. The first-order chi connectivity index (χ1) is 13.3. The van der Waals surface area contributed by atoms with Gasteiger partial charge < -0.3 is 10.1 Å². The molecular formula is C17H22N6O3S2. The second kappa shape index (κ2) is 8.78. The van der Waals surface area contributed by atoms with E-state index in [0.717, 1.165) is 11.4 Å². The molecule has 0 aliphatic carbocycles. The molecule has 2 heterocycles. The van der Waals surface area contributed by atoms with Gasteiger partial charge in [-0.2, -0.15) is 4.31 Å². The second-order valence-electron chi connectivity index (χ2n) is 6.22. The summed E-state index contributed by atoms with van der Waals surface area (Å²) in [5.74, 6) is 0.411. The molecule has 0 bridgehead atoms. The molecule has 0 atom stereocenters. The summed E-state index contributed by atoms with van der Waals surface area (Å²) in [4.78, 5) is 8.72. The maximum Gasteiger partial charge on any atom is 0.243 e. The van der Waals surface area contributed by atoms with Crippen molar-refractivity contribution in [3.05, 3.63) is 41.7 Å². The summed E-state index contributed by atoms with van der Waals surface area (Å²) >= 11 is 5.23. The molecule has 28 heavy (non-hydrogen) atoms. The maximum atomic E-state index is 12.6. The zero-order valence-corrected chi connectivity index (χ0v) is 17.2. The zero-order chi connectivity index (χ0) is 20.1. The van der Waals surface area contributed by atoms with Crippen LogP contribution in [0.25, 0.3) is 0 Å². The molecule has 1 saturated heterocycles. The number of morpholine rings is 1. The lowest BCUT2D eigenvalue weighted by atomic mass is 10.3. The Balaban J connectivity index is 1.58. The number of anilines is 2. The van der Waals surface area contributed by atoms with E-state index >= 15 is 0 Å². The standard InChI is InChI=1S/C17H22N6O3S2/c1-12-11-13(2)19-16(18-12)21-22-17(27)20-14-3-5-15(6-4-14)28(24,25)23-7-9-26-10-8-23/h3-6,11H,7-10H2,1-2H3,(H,18,19,21)(H2,20,22,27). The number of hydrogen-bond acceptors (Lipinski definition) is 7. The van der Waals surface area contributed by atoms with E-state index in [0.29, 0.717) is 43.1 Å². The summed E-state index contributed by atoms with van der Waals surface area (Å²) in [6, 6.07) is 8.30. The van der Waals surface area contributed by atoms with Crippen molar-refractivity contribution in [1.82, 2.24) is 19.7 Å². The van der Waals surface area contributed by atoms with Crippen LogP contribution in [0.1, 0.15) is 11.4 Å². The zero-order valence-electron chi connectivity index (χ0n) is 15.6. The van der Waals surface area contributed by atoms with Gasteiger partial charge in [-0.15, -0.1) is 0 Å². The van der Waals surface area contributed by atoms with Gasteiger partial charge in [-0.25, -0.2) is 18.4 Å². The van der Waals surface area contributed by atoms with Crippen molar-refractivity contribution in [3.63, 3.8) is 0 Å². The Morgan fingerprint density at radius 1 is 1.11 bits per heavy atom. The summed E-state index contributed by atoms with van der Waals surface area (Å²) < 4.78 is 31.9. The monoisotopic (exact) mass is 422 g/mol. The van der Waals surface area contributed by atoms with E-state index < -0.39 is 10.0 Å². The number of ether oxygens (including phenoxy) is 1. The molecule has 1 aliphatic rings. The first-order valence-electron chi connectivity index (χ1n) is 8.68. The lowest BCUT2D eigenvalue weighted by molar-refractivity contribution is 0.0730. The van der Waals surface area contributed by atoms with E-state index in [9.17, 15) is 8.42 Å². The van der Waals surface area contributed by atoms with Gasteiger partial charge in [-0.1, -0.05) is 0 Å². The van der Waals surface area contributed by atoms with E-state index in [-0.39, 0.29) is 4.90 Å². The number of nitrogens with one attached hydrogen (secondary N) is 3. The highest BCUT2D eigenvalue weighted by Crippen LogP contribution is 2.19. The Bertz CT molecular complexity index is 924. The van der Waals surface area contributed by atoms with Crippen LogP contribution in [-0.2, 0) is 14.8 Å². The molecule has 1 aromatic carbocycles. The fourth-order valence-corrected chi connectivity index (χ4v) is 4.28. The van der Waals surface area contributed by atoms with E-state index in [4.69, 9.17) is 17.0 Å². The highest BCUT2D eigenvalue weighted by Gasteiger charge is 2.26. The minimum Gasteiger partial charge on any atom is -0.379 e. The smallest absolute Gasteiger partial charge is 0.243 e. The van der Waals surface area contributed by atoms with Crippen molar-refractivity contribution >= 4 is 39.0 Å². The predicted molar refractivity (Wildman–Crippen MR) is 111 cm³/mol. The molecule has 0 radical (unpaired) electrons. The Kier molecular flexibility index (Phi) is 6.39. The van der Waals surface area contributed by atoms with Gasteiger partial charge in [-0.3, -0.25) is 10.9 Å². The van der Waals surface area contributed by atoms with Gasteiger partial charge >= 0.3 is 0 Å². The molecule has 150 valence electrons. The van der Waals surface area contributed by atoms with Crippen molar-refractivity contribution < 1.29 is 13.2 Å². The molecule has 0 amide bonds. The third-order valence-corrected chi connectivity index (χ3v) is 6.11. The molecule has 1 aliphatic heterocycles. The number of rotatable bonds is 5. The highest BCUT2D eigenvalue weighted by atomic mass is 32.2. The molecule has 1 aromatic heterocycles. The number of nitrogens with zero attached hydrogens (tertiary/aromatic N) is 3. The topological polar surface area (TPSA) is 108 Å². The lowest BCUT2D eigenvalue weighted by Crippen LogP contribution is -2.40. The summed E-state index contributed by atoms with van der Waals surface area (Å²) in [5, 5.41) is 3.27. The largest absolute Gasteiger partial charge is 0.379 e. The minimum absolute atomic E-state index is 0.237. The maximum absolute atomic E-state index is 12.6. The fraction of sp³-hybridized carbons (Fsp3) is 0.353. The summed E-state index contributed by atoms with van der Waals surface area (Å²) in [6.07, 6.45) is 0. The first kappa shape index (κ1) is 20.4. The van der Waals surface area contributed by atoms with Crippen LogP contribution in [0.15, 0.2) is 35.2 Å². The predicted octanol–water partition coefficient (Wildman–Crippen LogP) is 1.43. The fourth-order valence-electron chi connectivity index (χ4n) is 2.70. The van der Waals surface area contributed by atoms with Crippen molar-refractivity contribution in [2.45, 2.75) is 18.7 Å². The van der Waals surface area contributed by atoms with Crippen LogP contribution in [0.4, 0.5) is 11.6 Å². The average Bonchev–Trinajstić information content (AvgIpc) is 2.67. The second-order valence-corrected chi connectivity index (χ2v) is 8.57. The van der Waals surface area contributed by atoms with Crippen molar-refractivity contribution in [2.75, 3.05) is 37.0 Å². The van der Waals surface area contributed by atoms with Crippen molar-refractivity contribution in [2.24, 2.45) is 0 Å². The quantitative estimate of drug-likeness (QED) is 0.487. The van der Waals surface area contributed by atoms with Gasteiger partial charge in [-0.05, 0) is 56.4 Å². The van der Waals surface area contributed by atoms with Crippen molar-refractivity contribution in [3.8, 4) is 0 Å². The third kappa shape index (κ3) is 5.13. The molecule has 3 N–H and O–H groups in total. The number of hydrogen-bond donors (Lipinski definition) is 3. The molecule has 1 fully saturated rings. The van der Waals surface area contributed by atoms with Crippen molar-refractivity contribution in [1.29, 1.82) is 0 Å². The normalized spacial score (nSPS) is 15.1. The summed E-state index contributed by atoms with van der Waals surface area (Å²) in [5.41, 5.74) is 7.97. The van der Waals surface area contributed by atoms with Crippen LogP contribution in [-0.4, -0.2) is 54.1 Å². The Hall–Kier alpha value is -2.34. The van der Waals surface area contributed by atoms with Gasteiger partial charge in [0.2, 0.25) is 16.0 Å². The Labute approximate surface area is 169 Å². The average molecular weight is 423 g/mol. The van der Waals surface area contributed by atoms with Crippen LogP contribution >= 0.6 is 12.2 Å². The number of hydrazine groups is 1. The van der Waals surface area contributed by atoms with Crippen LogP contribution in [0.5, 0.6) is 0 Å². The first-order valence-corrected chi connectivity index (χ1v) is 10.5. The number of thiocarbonyl (C=S) groups is 1. The van der Waals surface area contributed by atoms with Crippen LogP contribution < -0.4 is 16.2 Å². The van der Waals surface area contributed by atoms with E-state index in [1.165, 1.54) is 4.31 Å². The molecule has 0 saturated carbocycles. The lowest BCUT2D eigenvalue weighted by Gasteiger charge is -2.26. The third-order valence-electron chi connectivity index (χ3n) is 3.99. The van der Waals surface area contributed by atoms with Gasteiger partial charge in [0, 0.05) is 30.2 Å². The molecular weight excluding hydrogens is 400 g/mol. The molecule has 2 aromatic rings. The Morgan fingerprint density at radius 2 is 1.71 bits per heavy atom. The molecule has 11 heteroatoms. The molecule has 3 rings (SSSR count). The summed E-state index contributed by atoms with van der Waals surface area (Å²) in [7, 11) is -3.51. The molecule has 0 unspecified atom stereocenters. The minimum atomic E-state index is -3.51. The number of aromatic nitrogens is 2.